The highest BCUT2D eigenvalue weighted by molar-refractivity contribution is 6.16. The van der Waals surface area contributed by atoms with Crippen molar-refractivity contribution in [3.8, 4) is 0 Å². The molecule has 100 valence electrons. The van der Waals surface area contributed by atoms with Crippen molar-refractivity contribution in [3.63, 3.8) is 0 Å². The summed E-state index contributed by atoms with van der Waals surface area (Å²) in [5.74, 6) is 0.190. The lowest BCUT2D eigenvalue weighted by Crippen LogP contribution is -2.57. The molecule has 0 spiro atoms. The number of halogens is 3. The van der Waals surface area contributed by atoms with E-state index < -0.39 is 17.2 Å². The van der Waals surface area contributed by atoms with Gasteiger partial charge < -0.3 is 4.90 Å². The zero-order chi connectivity index (χ0) is 13.7. The van der Waals surface area contributed by atoms with Gasteiger partial charge in [-0.1, -0.05) is 0 Å². The first-order valence-corrected chi connectivity index (χ1v) is 6.30. The highest BCUT2D eigenvalue weighted by Crippen LogP contribution is 2.41. The Morgan fingerprint density at radius 2 is 1.95 bits per heavy atom. The van der Waals surface area contributed by atoms with Crippen molar-refractivity contribution in [1.29, 1.82) is 0 Å². The lowest BCUT2D eigenvalue weighted by atomic mass is 9.53. The van der Waals surface area contributed by atoms with Crippen LogP contribution in [0, 0.1) is 5.92 Å². The molecule has 3 fully saturated rings. The van der Waals surface area contributed by atoms with Gasteiger partial charge in [-0.3, -0.25) is 4.98 Å². The van der Waals surface area contributed by atoms with E-state index in [1.165, 1.54) is 6.20 Å². The Hall–Kier alpha value is -1.11. The molecule has 1 aromatic heterocycles. The number of aromatic nitrogens is 2. The SMILES string of the molecule is [B]C1(c2cncc(C(F)(F)F)n2)CN2CCC1CC2. The van der Waals surface area contributed by atoms with E-state index >= 15 is 0 Å². The summed E-state index contributed by atoms with van der Waals surface area (Å²) in [5.41, 5.74) is -0.706. The monoisotopic (exact) mass is 267 g/mol. The van der Waals surface area contributed by atoms with Crippen LogP contribution in [0.2, 0.25) is 0 Å². The van der Waals surface area contributed by atoms with E-state index in [1.807, 2.05) is 0 Å². The van der Waals surface area contributed by atoms with E-state index in [2.05, 4.69) is 14.9 Å². The second kappa shape index (κ2) is 4.20. The Labute approximate surface area is 110 Å². The summed E-state index contributed by atoms with van der Waals surface area (Å²) in [6.07, 6.45) is -0.540. The van der Waals surface area contributed by atoms with Gasteiger partial charge in [-0.2, -0.15) is 13.2 Å². The van der Waals surface area contributed by atoms with Gasteiger partial charge >= 0.3 is 6.18 Å². The normalized spacial score (nSPS) is 34.5. The van der Waals surface area contributed by atoms with Crippen LogP contribution < -0.4 is 0 Å². The van der Waals surface area contributed by atoms with Crippen LogP contribution in [0.25, 0.3) is 0 Å². The minimum Gasteiger partial charge on any atom is -0.303 e. The molecule has 3 aliphatic rings. The predicted octanol–water partition coefficient (Wildman–Crippen LogP) is 1.58. The number of nitrogens with zero attached hydrogens (tertiary/aromatic N) is 3. The standard InChI is InChI=1S/C12H13BF3N3/c13-11(7-19-3-1-8(11)2-4-19)9-5-17-6-10(18-9)12(14,15)16/h5-6,8H,1-4,7H2. The van der Waals surface area contributed by atoms with E-state index in [9.17, 15) is 13.2 Å². The topological polar surface area (TPSA) is 29.0 Å². The third-order valence-corrected chi connectivity index (χ3v) is 4.20. The van der Waals surface area contributed by atoms with E-state index in [-0.39, 0.29) is 11.6 Å². The van der Waals surface area contributed by atoms with Crippen molar-refractivity contribution in [3.05, 3.63) is 23.8 Å². The predicted molar refractivity (Wildman–Crippen MR) is 63.6 cm³/mol. The average molecular weight is 267 g/mol. The number of rotatable bonds is 1. The molecule has 0 aliphatic carbocycles. The van der Waals surface area contributed by atoms with Crippen molar-refractivity contribution in [1.82, 2.24) is 14.9 Å². The smallest absolute Gasteiger partial charge is 0.303 e. The summed E-state index contributed by atoms with van der Waals surface area (Å²) in [6, 6.07) is 0. The van der Waals surface area contributed by atoms with Gasteiger partial charge in [-0.05, 0) is 37.2 Å². The molecular weight excluding hydrogens is 254 g/mol. The molecule has 2 bridgehead atoms. The van der Waals surface area contributed by atoms with Crippen molar-refractivity contribution in [2.45, 2.75) is 24.3 Å². The summed E-state index contributed by atoms with van der Waals surface area (Å²) in [4.78, 5) is 9.58. The van der Waals surface area contributed by atoms with Crippen LogP contribution in [-0.4, -0.2) is 42.3 Å². The first-order valence-electron chi connectivity index (χ1n) is 6.30. The van der Waals surface area contributed by atoms with Gasteiger partial charge in [-0.25, -0.2) is 4.98 Å². The molecule has 7 heteroatoms. The number of piperidine rings is 3. The van der Waals surface area contributed by atoms with E-state index in [1.54, 1.807) is 0 Å². The molecule has 1 atom stereocenters. The van der Waals surface area contributed by atoms with Gasteiger partial charge in [0.05, 0.1) is 19.7 Å². The lowest BCUT2D eigenvalue weighted by Gasteiger charge is -2.51. The third-order valence-electron chi connectivity index (χ3n) is 4.20. The molecule has 3 nitrogen and oxygen atoms in total. The fourth-order valence-electron chi connectivity index (χ4n) is 3.12. The zero-order valence-corrected chi connectivity index (χ0v) is 10.3. The van der Waals surface area contributed by atoms with Crippen LogP contribution in [0.15, 0.2) is 12.4 Å². The van der Waals surface area contributed by atoms with Crippen molar-refractivity contribution in [2.24, 2.45) is 5.92 Å². The molecule has 0 amide bonds. The Morgan fingerprint density at radius 3 is 2.47 bits per heavy atom. The number of hydrogen-bond acceptors (Lipinski definition) is 3. The number of fused-ring (bicyclic) bond motifs is 3. The fraction of sp³-hybridized carbons (Fsp3) is 0.667. The average Bonchev–Trinajstić information content (AvgIpc) is 2.39. The van der Waals surface area contributed by atoms with Crippen LogP contribution in [0.3, 0.4) is 0 Å². The summed E-state index contributed by atoms with van der Waals surface area (Å²) in [5, 5.41) is -0.801. The van der Waals surface area contributed by atoms with Crippen LogP contribution >= 0.6 is 0 Å². The van der Waals surface area contributed by atoms with Crippen molar-refractivity contribution in [2.75, 3.05) is 19.6 Å². The van der Waals surface area contributed by atoms with Gasteiger partial charge in [0.2, 0.25) is 0 Å². The van der Waals surface area contributed by atoms with Crippen LogP contribution in [-0.2, 0) is 11.5 Å². The summed E-state index contributed by atoms with van der Waals surface area (Å²) in [6.45, 7) is 2.50. The third kappa shape index (κ3) is 2.14. The molecule has 19 heavy (non-hydrogen) atoms. The minimum absolute atomic E-state index is 0.190. The largest absolute Gasteiger partial charge is 0.434 e. The molecule has 3 aliphatic heterocycles. The molecule has 1 aromatic rings. The van der Waals surface area contributed by atoms with Gasteiger partial charge in [0.1, 0.15) is 0 Å². The number of hydrogen-bond donors (Lipinski definition) is 0. The maximum atomic E-state index is 12.7. The van der Waals surface area contributed by atoms with Crippen LogP contribution in [0.4, 0.5) is 13.2 Å². The van der Waals surface area contributed by atoms with Crippen LogP contribution in [0.1, 0.15) is 24.2 Å². The maximum Gasteiger partial charge on any atom is 0.434 e. The highest BCUT2D eigenvalue weighted by atomic mass is 19.4. The summed E-state index contributed by atoms with van der Waals surface area (Å²) in [7, 11) is 6.37. The summed E-state index contributed by atoms with van der Waals surface area (Å²) >= 11 is 0. The molecule has 0 saturated carbocycles. The quantitative estimate of drug-likeness (QED) is 0.723. The second-order valence-electron chi connectivity index (χ2n) is 5.38. The fourth-order valence-corrected chi connectivity index (χ4v) is 3.12. The first-order chi connectivity index (χ1) is 8.89. The highest BCUT2D eigenvalue weighted by Gasteiger charge is 2.45. The maximum absolute atomic E-state index is 12.7. The molecule has 4 heterocycles. The van der Waals surface area contributed by atoms with E-state index in [4.69, 9.17) is 7.85 Å². The Kier molecular flexibility index (Phi) is 2.85. The Bertz CT molecular complexity index is 485. The van der Waals surface area contributed by atoms with Gasteiger partial charge in [-0.15, -0.1) is 0 Å². The second-order valence-corrected chi connectivity index (χ2v) is 5.38. The molecular formula is C12H13BF3N3. The molecule has 0 N–H and O–H groups in total. The lowest BCUT2D eigenvalue weighted by molar-refractivity contribution is -0.141. The van der Waals surface area contributed by atoms with E-state index in [0.717, 1.165) is 32.1 Å². The first kappa shape index (κ1) is 12.9. The van der Waals surface area contributed by atoms with Gasteiger partial charge in [0.25, 0.3) is 0 Å². The molecule has 0 aromatic carbocycles. The van der Waals surface area contributed by atoms with Crippen molar-refractivity contribution < 1.29 is 13.2 Å². The van der Waals surface area contributed by atoms with E-state index in [0.29, 0.717) is 6.54 Å². The molecule has 2 radical (unpaired) electrons. The van der Waals surface area contributed by atoms with Gasteiger partial charge in [0.15, 0.2) is 5.69 Å². The van der Waals surface area contributed by atoms with Crippen molar-refractivity contribution >= 4 is 7.85 Å². The Morgan fingerprint density at radius 1 is 1.26 bits per heavy atom. The Balaban J connectivity index is 1.98. The van der Waals surface area contributed by atoms with Crippen LogP contribution in [0.5, 0.6) is 0 Å². The summed E-state index contributed by atoms with van der Waals surface area (Å²) < 4.78 is 38.1. The number of alkyl halides is 3. The minimum atomic E-state index is -4.48. The zero-order valence-electron chi connectivity index (χ0n) is 10.3. The molecule has 3 saturated heterocycles. The molecule has 1 unspecified atom stereocenters. The van der Waals surface area contributed by atoms with Gasteiger partial charge in [0, 0.05) is 12.7 Å². The molecule has 4 rings (SSSR count).